The molecule has 0 radical (unpaired) electrons. The van der Waals surface area contributed by atoms with Crippen molar-refractivity contribution < 1.29 is 19.0 Å². The van der Waals surface area contributed by atoms with Gasteiger partial charge in [0.25, 0.3) is 0 Å². The van der Waals surface area contributed by atoms with Gasteiger partial charge in [-0.2, -0.15) is 0 Å². The number of nitrogens with one attached hydrogen (secondary N) is 1. The zero-order chi connectivity index (χ0) is 24.7. The third-order valence-corrected chi connectivity index (χ3v) is 5.41. The van der Waals surface area contributed by atoms with Crippen LogP contribution in [0, 0.1) is 0 Å². The van der Waals surface area contributed by atoms with E-state index in [1.807, 2.05) is 0 Å². The molecule has 1 aromatic heterocycles. The van der Waals surface area contributed by atoms with Gasteiger partial charge in [0.15, 0.2) is 6.29 Å². The number of anilines is 1. The van der Waals surface area contributed by atoms with Crippen LogP contribution in [0.15, 0.2) is 29.2 Å². The number of carbonyl (C=O) groups excluding carboxylic acids is 1. The van der Waals surface area contributed by atoms with Crippen molar-refractivity contribution in [2.45, 2.75) is 103 Å². The second kappa shape index (κ2) is 21.4. The van der Waals surface area contributed by atoms with Crippen molar-refractivity contribution in [1.29, 1.82) is 0 Å². The molecule has 194 valence electrons. The van der Waals surface area contributed by atoms with Crippen molar-refractivity contribution in [3.63, 3.8) is 0 Å². The second-order valence-electron chi connectivity index (χ2n) is 8.52. The highest BCUT2D eigenvalue weighted by Crippen LogP contribution is 2.11. The van der Waals surface area contributed by atoms with Crippen LogP contribution in [0.25, 0.3) is 0 Å². The molecule has 0 amide bonds. The Labute approximate surface area is 204 Å². The highest BCUT2D eigenvalue weighted by atomic mass is 16.7. The number of nitrogens with two attached hydrogens (primary N) is 1. The molecule has 1 saturated heterocycles. The smallest absolute Gasteiger partial charge is 0.346 e. The minimum absolute atomic E-state index is 0.137. The molecule has 0 bridgehead atoms. The lowest BCUT2D eigenvalue weighted by Gasteiger charge is -2.09. The maximum Gasteiger partial charge on any atom is 0.346 e. The van der Waals surface area contributed by atoms with E-state index >= 15 is 0 Å². The maximum absolute atomic E-state index is 11.6. The summed E-state index contributed by atoms with van der Waals surface area (Å²) < 4.78 is 15.6. The quantitative estimate of drug-likeness (QED) is 0.177. The summed E-state index contributed by atoms with van der Waals surface area (Å²) in [6, 6.07) is 1.52. The van der Waals surface area contributed by atoms with E-state index < -0.39 is 5.69 Å². The van der Waals surface area contributed by atoms with E-state index in [-0.39, 0.29) is 18.9 Å². The predicted molar refractivity (Wildman–Crippen MR) is 135 cm³/mol. The molecule has 2 heterocycles. The van der Waals surface area contributed by atoms with Gasteiger partial charge in [0.05, 0.1) is 13.2 Å². The predicted octanol–water partition coefficient (Wildman–Crippen LogP) is 5.29. The lowest BCUT2D eigenvalue weighted by molar-refractivity contribution is -0.155. The first-order chi connectivity index (χ1) is 16.6. The topological polar surface area (TPSA) is 117 Å². The van der Waals surface area contributed by atoms with Gasteiger partial charge in [0.1, 0.15) is 12.4 Å². The van der Waals surface area contributed by atoms with Gasteiger partial charge in [-0.05, 0) is 38.2 Å². The molecule has 0 spiro atoms. The van der Waals surface area contributed by atoms with Crippen LogP contribution in [0.2, 0.25) is 0 Å². The van der Waals surface area contributed by atoms with E-state index in [1.54, 1.807) is 0 Å². The van der Waals surface area contributed by atoms with Crippen LogP contribution in [-0.4, -0.2) is 42.0 Å². The fourth-order valence-corrected chi connectivity index (χ4v) is 3.46. The Morgan fingerprint density at radius 2 is 1.62 bits per heavy atom. The molecule has 34 heavy (non-hydrogen) atoms. The zero-order valence-electron chi connectivity index (χ0n) is 21.0. The number of aromatic nitrogens is 2. The lowest BCUT2D eigenvalue weighted by atomic mass is 10.1. The molecule has 0 saturated carbocycles. The first-order valence-corrected chi connectivity index (χ1v) is 13.0. The number of ether oxygens (including phenoxy) is 3. The fourth-order valence-electron chi connectivity index (χ4n) is 3.46. The third-order valence-electron chi connectivity index (χ3n) is 5.41. The Kier molecular flexibility index (Phi) is 18.7. The summed E-state index contributed by atoms with van der Waals surface area (Å²) in [7, 11) is 0. The Balaban J connectivity index is 0.000000605. The van der Waals surface area contributed by atoms with Crippen molar-refractivity contribution >= 4 is 11.8 Å². The Hall–Kier alpha value is -2.19. The van der Waals surface area contributed by atoms with Crippen molar-refractivity contribution in [3.8, 4) is 0 Å². The molecule has 1 fully saturated rings. The number of allylic oxidation sites excluding steroid dienone is 2. The van der Waals surface area contributed by atoms with E-state index in [9.17, 15) is 9.59 Å². The molecule has 8 nitrogen and oxygen atoms in total. The Morgan fingerprint density at radius 3 is 2.18 bits per heavy atom. The van der Waals surface area contributed by atoms with Crippen LogP contribution in [-0.2, 0) is 19.0 Å². The maximum atomic E-state index is 11.6. The average Bonchev–Trinajstić information content (AvgIpc) is 3.34. The van der Waals surface area contributed by atoms with E-state index in [0.717, 1.165) is 12.8 Å². The largest absolute Gasteiger partial charge is 0.460 e. The van der Waals surface area contributed by atoms with E-state index in [1.165, 1.54) is 82.9 Å². The van der Waals surface area contributed by atoms with Crippen molar-refractivity contribution in [1.82, 2.24) is 9.97 Å². The standard InChI is InChI=1S/C22H40O4.C4H5N3O/c1-2-3-4-5-6-7-8-9-10-11-12-13-14-15-16-17-21(23)26-20-22-24-18-19-25-22;5-3-1-2-6-4(8)7-3/h9-10,22H,2-8,11-20H2,1H3;1-2H,(H3,5,6,7,8)/b10-9+;. The first kappa shape index (κ1) is 29.8. The lowest BCUT2D eigenvalue weighted by Crippen LogP contribution is -2.19. The highest BCUT2D eigenvalue weighted by molar-refractivity contribution is 5.69. The first-order valence-electron chi connectivity index (χ1n) is 13.0. The molecule has 0 aromatic carbocycles. The minimum atomic E-state index is -0.412. The normalized spacial score (nSPS) is 13.7. The van der Waals surface area contributed by atoms with Crippen LogP contribution in [0.4, 0.5) is 5.82 Å². The van der Waals surface area contributed by atoms with Crippen LogP contribution < -0.4 is 11.4 Å². The fraction of sp³-hybridized carbons (Fsp3) is 0.731. The SMILES string of the molecule is CCCCCCCC/C=C/CCCCCCCC(=O)OCC1OCCO1.Nc1ccnc(=O)[nH]1. The highest BCUT2D eigenvalue weighted by Gasteiger charge is 2.17. The molecule has 0 aliphatic carbocycles. The van der Waals surface area contributed by atoms with Gasteiger partial charge in [0.2, 0.25) is 0 Å². The summed E-state index contributed by atoms with van der Waals surface area (Å²) in [4.78, 5) is 27.5. The summed E-state index contributed by atoms with van der Waals surface area (Å²) in [5.41, 5.74) is 4.75. The summed E-state index contributed by atoms with van der Waals surface area (Å²) in [6.45, 7) is 3.68. The number of aromatic amines is 1. The molecule has 1 aliphatic heterocycles. The van der Waals surface area contributed by atoms with Gasteiger partial charge in [-0.15, -0.1) is 0 Å². The number of rotatable bonds is 17. The summed E-state index contributed by atoms with van der Waals surface area (Å²) in [5, 5.41) is 0. The second-order valence-corrected chi connectivity index (χ2v) is 8.52. The minimum Gasteiger partial charge on any atom is -0.460 e. The Morgan fingerprint density at radius 1 is 1.03 bits per heavy atom. The molecule has 1 aromatic rings. The number of hydrogen-bond donors (Lipinski definition) is 2. The van der Waals surface area contributed by atoms with Gasteiger partial charge in [-0.1, -0.05) is 70.4 Å². The van der Waals surface area contributed by atoms with E-state index in [0.29, 0.717) is 25.5 Å². The van der Waals surface area contributed by atoms with Gasteiger partial charge in [-0.25, -0.2) is 9.78 Å². The molecular weight excluding hydrogens is 434 g/mol. The number of unbranched alkanes of at least 4 members (excludes halogenated alkanes) is 11. The third kappa shape index (κ3) is 18.3. The Bertz CT molecular complexity index is 702. The number of nitrogen functional groups attached to an aromatic ring is 1. The summed E-state index contributed by atoms with van der Waals surface area (Å²) >= 11 is 0. The van der Waals surface area contributed by atoms with Gasteiger partial charge in [-0.3, -0.25) is 9.78 Å². The van der Waals surface area contributed by atoms with Gasteiger partial charge in [0, 0.05) is 12.6 Å². The molecule has 0 unspecified atom stereocenters. The van der Waals surface area contributed by atoms with E-state index in [2.05, 4.69) is 29.0 Å². The number of H-pyrrole nitrogens is 1. The van der Waals surface area contributed by atoms with Crippen molar-refractivity contribution in [3.05, 3.63) is 34.9 Å². The van der Waals surface area contributed by atoms with Crippen LogP contribution in [0.5, 0.6) is 0 Å². The number of carbonyl (C=O) groups is 1. The molecule has 1 aliphatic rings. The van der Waals surface area contributed by atoms with Gasteiger partial charge < -0.3 is 19.9 Å². The van der Waals surface area contributed by atoms with E-state index in [4.69, 9.17) is 19.9 Å². The van der Waals surface area contributed by atoms with Crippen LogP contribution in [0.3, 0.4) is 0 Å². The number of nitrogens with zero attached hydrogens (tertiary/aromatic N) is 1. The van der Waals surface area contributed by atoms with Crippen LogP contribution in [0.1, 0.15) is 96.8 Å². The molecule has 0 atom stereocenters. The molecular formula is C26H45N3O5. The number of hydrogen-bond acceptors (Lipinski definition) is 7. The summed E-state index contributed by atoms with van der Waals surface area (Å²) in [6.07, 6.45) is 22.6. The number of esters is 1. The van der Waals surface area contributed by atoms with Crippen molar-refractivity contribution in [2.24, 2.45) is 0 Å². The zero-order valence-corrected chi connectivity index (χ0v) is 21.0. The average molecular weight is 480 g/mol. The molecule has 3 N–H and O–H groups in total. The van der Waals surface area contributed by atoms with Gasteiger partial charge >= 0.3 is 11.7 Å². The monoisotopic (exact) mass is 479 g/mol. The summed E-state index contributed by atoms with van der Waals surface area (Å²) in [5.74, 6) is 0.201. The molecule has 2 rings (SSSR count). The van der Waals surface area contributed by atoms with Crippen LogP contribution >= 0.6 is 0 Å². The molecule has 8 heteroatoms. The van der Waals surface area contributed by atoms with Crippen molar-refractivity contribution in [2.75, 3.05) is 25.6 Å².